The number of rotatable bonds is 68. The third kappa shape index (κ3) is 70.8. The Bertz CT molecular complexity index is 2260. The predicted molar refractivity (Wildman–Crippen MR) is 390 cm³/mol. The summed E-state index contributed by atoms with van der Waals surface area (Å²) in [7, 11) is -9.81. The first-order chi connectivity index (χ1) is 46.2. The molecule has 0 saturated carbocycles. The molecule has 0 fully saturated rings. The van der Waals surface area contributed by atoms with Gasteiger partial charge in [0.1, 0.15) is 25.4 Å². The number of carbonyl (C=O) groups excluding carboxylic acids is 3. The van der Waals surface area contributed by atoms with Crippen molar-refractivity contribution >= 4 is 33.6 Å². The molecule has 4 N–H and O–H groups in total. The number of esters is 3. The van der Waals surface area contributed by atoms with E-state index in [9.17, 15) is 43.5 Å². The van der Waals surface area contributed by atoms with Gasteiger partial charge in [0.15, 0.2) is 6.10 Å². The molecule has 0 saturated heterocycles. The van der Waals surface area contributed by atoms with Gasteiger partial charge < -0.3 is 34.2 Å². The number of phosphoric acid groups is 2. The summed E-state index contributed by atoms with van der Waals surface area (Å²) in [4.78, 5) is 58.4. The average molecular weight is 1370 g/mol. The summed E-state index contributed by atoms with van der Waals surface area (Å²) in [6.45, 7) is 2.42. The van der Waals surface area contributed by atoms with Gasteiger partial charge in [0.25, 0.3) is 0 Å². The highest BCUT2D eigenvalue weighted by molar-refractivity contribution is 7.47. The average Bonchev–Trinajstić information content (AvgIpc) is 2.13. The maximum Gasteiger partial charge on any atom is 0.472 e. The van der Waals surface area contributed by atoms with Gasteiger partial charge in [-0.1, -0.05) is 264 Å². The fourth-order valence-corrected chi connectivity index (χ4v) is 10.9. The van der Waals surface area contributed by atoms with Crippen LogP contribution in [0.4, 0.5) is 0 Å². The third-order valence-corrected chi connectivity index (χ3v) is 16.7. The minimum Gasteiger partial charge on any atom is -0.463 e. The van der Waals surface area contributed by atoms with Crippen molar-refractivity contribution in [2.45, 2.75) is 296 Å². The van der Waals surface area contributed by atoms with Gasteiger partial charge in [-0.05, 0) is 128 Å². The number of hydrogen-bond donors (Lipinski definition) is 4. The van der Waals surface area contributed by atoms with Crippen LogP contribution in [0.15, 0.2) is 134 Å². The summed E-state index contributed by atoms with van der Waals surface area (Å²) >= 11 is 0. The van der Waals surface area contributed by atoms with Crippen LogP contribution in [0.25, 0.3) is 0 Å². The SMILES string of the molecule is CC/C=C\C/C=C\C/C=C\C/C=C\C/C=C\C/C=C\CCC(=O)OCC(COP(=O)(O)OCC(O)COP(=O)(O)OCC(O)COC(=O)CCCCCCCCCCC/C=C\C/C=C\C/C=C\C/C=C\CCCCC)OC(=O)CCCCCCC/C=C\CCCCCCCC. The van der Waals surface area contributed by atoms with E-state index in [4.69, 9.17) is 32.3 Å². The molecule has 0 aromatic rings. The lowest BCUT2D eigenvalue weighted by Crippen LogP contribution is -2.30. The summed E-state index contributed by atoms with van der Waals surface area (Å²) in [5.41, 5.74) is 0. The monoisotopic (exact) mass is 1370 g/mol. The minimum absolute atomic E-state index is 0.0404. The number of unbranched alkanes of at least 4 members (excludes halogenated alkanes) is 23. The summed E-state index contributed by atoms with van der Waals surface area (Å²) < 4.78 is 60.9. The minimum atomic E-state index is -4.95. The second-order valence-electron chi connectivity index (χ2n) is 24.0. The molecule has 0 aromatic heterocycles. The van der Waals surface area contributed by atoms with E-state index in [1.54, 1.807) is 0 Å². The van der Waals surface area contributed by atoms with Crippen molar-refractivity contribution in [1.29, 1.82) is 0 Å². The van der Waals surface area contributed by atoms with Crippen LogP contribution in [0, 0.1) is 0 Å². The number of allylic oxidation sites excluding steroid dienone is 22. The molecule has 0 aromatic carbocycles. The van der Waals surface area contributed by atoms with Gasteiger partial charge in [-0.3, -0.25) is 32.5 Å². The zero-order chi connectivity index (χ0) is 69.5. The standard InChI is InChI=1S/C77H130O16P2/c1-4-7-10-13-16-19-22-25-28-30-32-33-34-35-36-37-39-41-43-45-48-51-54-57-60-63-75(80)87-66-72(78)67-89-94(83,84)90-68-73(79)69-91-95(85,86)92-71-74(93-77(82)65-62-59-56-53-50-47-42-27-24-21-18-15-12-9-6-3)70-88-76(81)64-61-58-55-52-49-46-44-40-38-31-29-26-23-20-17-14-11-8-5-2/h8,11,16-17,19-20,25-29,32-33,35-36,38,40,42,46,49,55,58,72-74,78-79H,4-7,9-10,12-15,18,21-24,30-31,34,37,39,41,43-45,47-48,50-54,56-57,59-71H2,1-3H3,(H,83,84)(H,85,86)/b11-8-,19-16-,20-17-,28-25-,29-26-,33-32-,36-35-,40-38-,42-27-,49-46-,58-55-. The Hall–Kier alpha value is -4.31. The largest absolute Gasteiger partial charge is 0.472 e. The molecule has 0 radical (unpaired) electrons. The number of hydrogen-bond acceptors (Lipinski definition) is 14. The van der Waals surface area contributed by atoms with E-state index in [2.05, 4.69) is 136 Å². The molecule has 18 heteroatoms. The molecule has 0 aliphatic carbocycles. The van der Waals surface area contributed by atoms with Gasteiger partial charge in [0.2, 0.25) is 0 Å². The molecule has 5 atom stereocenters. The molecule has 0 heterocycles. The summed E-state index contributed by atoms with van der Waals surface area (Å²) in [6.07, 6.45) is 82.3. The van der Waals surface area contributed by atoms with Gasteiger partial charge in [0, 0.05) is 19.3 Å². The van der Waals surface area contributed by atoms with Crippen molar-refractivity contribution in [2.75, 3.05) is 39.6 Å². The zero-order valence-electron chi connectivity index (χ0n) is 59.0. The molecule has 0 aliphatic rings. The lowest BCUT2D eigenvalue weighted by Gasteiger charge is -2.21. The number of aliphatic hydroxyl groups is 2. The van der Waals surface area contributed by atoms with Gasteiger partial charge >= 0.3 is 33.6 Å². The van der Waals surface area contributed by atoms with Crippen molar-refractivity contribution in [1.82, 2.24) is 0 Å². The highest BCUT2D eigenvalue weighted by Gasteiger charge is 2.29. The lowest BCUT2D eigenvalue weighted by atomic mass is 10.1. The first-order valence-corrected chi connectivity index (χ1v) is 39.5. The molecule has 0 aliphatic heterocycles. The normalized spacial score (nSPS) is 14.9. The van der Waals surface area contributed by atoms with Crippen LogP contribution in [-0.4, -0.2) is 95.9 Å². The molecule has 5 unspecified atom stereocenters. The van der Waals surface area contributed by atoms with Gasteiger partial charge in [-0.2, -0.15) is 0 Å². The van der Waals surface area contributed by atoms with E-state index >= 15 is 0 Å². The Morgan fingerprint density at radius 1 is 0.305 bits per heavy atom. The van der Waals surface area contributed by atoms with E-state index in [-0.39, 0.29) is 19.3 Å². The topological polar surface area (TPSA) is 231 Å². The second kappa shape index (κ2) is 69.6. The van der Waals surface area contributed by atoms with E-state index < -0.39 is 91.5 Å². The summed E-state index contributed by atoms with van der Waals surface area (Å²) in [5.74, 6) is -1.69. The van der Waals surface area contributed by atoms with Gasteiger partial charge in [0.05, 0.1) is 26.4 Å². The predicted octanol–water partition coefficient (Wildman–Crippen LogP) is 20.8. The second-order valence-corrected chi connectivity index (χ2v) is 26.9. The lowest BCUT2D eigenvalue weighted by molar-refractivity contribution is -0.161. The highest BCUT2D eigenvalue weighted by Crippen LogP contribution is 2.45. The Morgan fingerprint density at radius 3 is 0.979 bits per heavy atom. The zero-order valence-corrected chi connectivity index (χ0v) is 60.8. The van der Waals surface area contributed by atoms with E-state index in [0.717, 1.165) is 122 Å². The Kier molecular flexibility index (Phi) is 66.4. The quantitative estimate of drug-likeness (QED) is 0.0146. The van der Waals surface area contributed by atoms with Crippen molar-refractivity contribution in [2.24, 2.45) is 0 Å². The first kappa shape index (κ1) is 90.7. The van der Waals surface area contributed by atoms with Crippen molar-refractivity contribution in [3.05, 3.63) is 134 Å². The van der Waals surface area contributed by atoms with E-state index in [1.807, 2.05) is 18.2 Å². The van der Waals surface area contributed by atoms with Crippen LogP contribution in [0.5, 0.6) is 0 Å². The van der Waals surface area contributed by atoms with Crippen LogP contribution in [0.1, 0.15) is 278 Å². The summed E-state index contributed by atoms with van der Waals surface area (Å²) in [5, 5.41) is 20.6. The smallest absolute Gasteiger partial charge is 0.463 e. The Balaban J connectivity index is 4.66. The van der Waals surface area contributed by atoms with Crippen molar-refractivity contribution in [3.8, 4) is 0 Å². The fraction of sp³-hybridized carbons (Fsp3) is 0.675. The van der Waals surface area contributed by atoms with Crippen LogP contribution in [0.2, 0.25) is 0 Å². The van der Waals surface area contributed by atoms with Crippen LogP contribution >= 0.6 is 15.6 Å². The third-order valence-electron chi connectivity index (χ3n) is 14.8. The Labute approximate surface area is 575 Å². The van der Waals surface area contributed by atoms with Crippen LogP contribution in [-0.2, 0) is 55.8 Å². The maximum absolute atomic E-state index is 12.9. The van der Waals surface area contributed by atoms with E-state index in [0.29, 0.717) is 25.7 Å². The molecule has 0 amide bonds. The summed E-state index contributed by atoms with van der Waals surface area (Å²) in [6, 6.07) is 0. The van der Waals surface area contributed by atoms with Crippen molar-refractivity contribution in [3.63, 3.8) is 0 Å². The number of phosphoric ester groups is 2. The molecule has 16 nitrogen and oxygen atoms in total. The number of carbonyl (C=O) groups is 3. The molecular weight excluding hydrogens is 1240 g/mol. The highest BCUT2D eigenvalue weighted by atomic mass is 31.2. The van der Waals surface area contributed by atoms with Gasteiger partial charge in [-0.25, -0.2) is 9.13 Å². The molecule has 0 bridgehead atoms. The van der Waals surface area contributed by atoms with E-state index in [1.165, 1.54) is 89.9 Å². The fourth-order valence-electron chi connectivity index (χ4n) is 9.28. The first-order valence-electron chi connectivity index (χ1n) is 36.5. The molecule has 95 heavy (non-hydrogen) atoms. The van der Waals surface area contributed by atoms with Crippen LogP contribution in [0.3, 0.4) is 0 Å². The number of ether oxygens (including phenoxy) is 3. The maximum atomic E-state index is 12.9. The number of aliphatic hydroxyl groups excluding tert-OH is 2. The molecule has 544 valence electrons. The molecule has 0 spiro atoms. The molecular formula is C77H130O16P2. The van der Waals surface area contributed by atoms with Crippen LogP contribution < -0.4 is 0 Å². The Morgan fingerprint density at radius 2 is 0.579 bits per heavy atom. The molecule has 0 rings (SSSR count). The van der Waals surface area contributed by atoms with Gasteiger partial charge in [-0.15, -0.1) is 0 Å². The van der Waals surface area contributed by atoms with Crippen molar-refractivity contribution < 1.29 is 75.8 Å².